The van der Waals surface area contributed by atoms with Crippen LogP contribution in [0.4, 0.5) is 22.7 Å². The van der Waals surface area contributed by atoms with Crippen molar-refractivity contribution in [2.24, 2.45) is 20.7 Å². The van der Waals surface area contributed by atoms with Crippen LogP contribution < -0.4 is 15.6 Å². The van der Waals surface area contributed by atoms with Crippen LogP contribution in [0.15, 0.2) is 118 Å². The standard InChI is InChI=1S/C26H20N6O5/c33-25(34)17-1-5-19(6-2-17)27-31-29-21-9-13-23(14-10-21)37-24-15-11-22(12-16-24)30-32-28-20-7-3-18(4-8-20)26(35)36/h1-16H,(H,27,29)(H,28,30)(H,33,34)(H,35,36). The Morgan fingerprint density at radius 1 is 0.541 bits per heavy atom. The van der Waals surface area contributed by atoms with Gasteiger partial charge in [0, 0.05) is 0 Å². The number of carboxylic acid groups (broad SMARTS) is 2. The quantitative estimate of drug-likeness (QED) is 0.135. The highest BCUT2D eigenvalue weighted by molar-refractivity contribution is 5.88. The third-order valence-electron chi connectivity index (χ3n) is 4.86. The molecule has 37 heavy (non-hydrogen) atoms. The van der Waals surface area contributed by atoms with Crippen molar-refractivity contribution in [2.45, 2.75) is 0 Å². The maximum Gasteiger partial charge on any atom is 0.335 e. The number of nitrogens with one attached hydrogen (secondary N) is 2. The monoisotopic (exact) mass is 496 g/mol. The second-order valence-corrected chi connectivity index (χ2v) is 7.48. The van der Waals surface area contributed by atoms with E-state index in [2.05, 4.69) is 31.5 Å². The lowest BCUT2D eigenvalue weighted by Gasteiger charge is -2.06. The van der Waals surface area contributed by atoms with Crippen LogP contribution in [0.5, 0.6) is 11.5 Å². The number of carboxylic acids is 2. The largest absolute Gasteiger partial charge is 0.478 e. The molecule has 4 aromatic rings. The van der Waals surface area contributed by atoms with E-state index in [0.717, 1.165) is 0 Å². The molecule has 4 rings (SSSR count). The van der Waals surface area contributed by atoms with Crippen molar-refractivity contribution in [1.82, 2.24) is 0 Å². The van der Waals surface area contributed by atoms with Crippen LogP contribution in [0.25, 0.3) is 0 Å². The second kappa shape index (κ2) is 11.7. The molecular formula is C26H20N6O5. The highest BCUT2D eigenvalue weighted by Gasteiger charge is 2.02. The minimum atomic E-state index is -0.992. The molecule has 4 aromatic carbocycles. The van der Waals surface area contributed by atoms with Crippen molar-refractivity contribution < 1.29 is 24.5 Å². The minimum absolute atomic E-state index is 0.191. The number of ether oxygens (including phenoxy) is 1. The van der Waals surface area contributed by atoms with E-state index in [9.17, 15) is 9.59 Å². The number of anilines is 2. The zero-order valence-corrected chi connectivity index (χ0v) is 19.1. The smallest absolute Gasteiger partial charge is 0.335 e. The van der Waals surface area contributed by atoms with Gasteiger partial charge in [0.25, 0.3) is 0 Å². The molecule has 0 saturated heterocycles. The Labute approximate surface area is 210 Å². The topological polar surface area (TPSA) is 157 Å². The first-order valence-electron chi connectivity index (χ1n) is 10.8. The Balaban J connectivity index is 1.26. The number of rotatable bonds is 10. The first-order chi connectivity index (χ1) is 18.0. The molecule has 0 radical (unpaired) electrons. The third kappa shape index (κ3) is 7.20. The zero-order valence-electron chi connectivity index (χ0n) is 19.1. The van der Waals surface area contributed by atoms with Crippen LogP contribution in [-0.4, -0.2) is 22.2 Å². The highest BCUT2D eigenvalue weighted by atomic mass is 16.5. The molecule has 0 bridgehead atoms. The average Bonchev–Trinajstić information content (AvgIpc) is 2.91. The number of aromatic carboxylic acids is 2. The molecule has 0 aliphatic carbocycles. The fourth-order valence-corrected chi connectivity index (χ4v) is 2.95. The van der Waals surface area contributed by atoms with E-state index in [1.54, 1.807) is 72.8 Å². The maximum absolute atomic E-state index is 10.9. The van der Waals surface area contributed by atoms with Gasteiger partial charge in [-0.1, -0.05) is 10.4 Å². The average molecular weight is 496 g/mol. The first-order valence-corrected chi connectivity index (χ1v) is 10.8. The van der Waals surface area contributed by atoms with Gasteiger partial charge in [-0.2, -0.15) is 0 Å². The third-order valence-corrected chi connectivity index (χ3v) is 4.86. The molecule has 4 N–H and O–H groups in total. The van der Waals surface area contributed by atoms with Crippen molar-refractivity contribution >= 4 is 34.7 Å². The molecule has 0 aromatic heterocycles. The van der Waals surface area contributed by atoms with Gasteiger partial charge in [-0.15, -0.1) is 10.2 Å². The van der Waals surface area contributed by atoms with Crippen molar-refractivity contribution in [3.05, 3.63) is 108 Å². The van der Waals surface area contributed by atoms with E-state index >= 15 is 0 Å². The van der Waals surface area contributed by atoms with Crippen molar-refractivity contribution in [2.75, 3.05) is 10.9 Å². The molecule has 11 heteroatoms. The highest BCUT2D eigenvalue weighted by Crippen LogP contribution is 2.26. The van der Waals surface area contributed by atoms with Crippen LogP contribution in [0, 0.1) is 0 Å². The van der Waals surface area contributed by atoms with E-state index in [1.807, 2.05) is 0 Å². The van der Waals surface area contributed by atoms with Gasteiger partial charge in [-0.3, -0.25) is 10.9 Å². The molecule has 11 nitrogen and oxygen atoms in total. The van der Waals surface area contributed by atoms with Gasteiger partial charge in [-0.25, -0.2) is 9.59 Å². The molecule has 0 aliphatic rings. The lowest BCUT2D eigenvalue weighted by atomic mass is 10.2. The van der Waals surface area contributed by atoms with Crippen molar-refractivity contribution in [3.8, 4) is 11.5 Å². The van der Waals surface area contributed by atoms with E-state index in [0.29, 0.717) is 34.2 Å². The van der Waals surface area contributed by atoms with Crippen LogP contribution in [-0.2, 0) is 0 Å². The predicted molar refractivity (Wildman–Crippen MR) is 136 cm³/mol. The van der Waals surface area contributed by atoms with Gasteiger partial charge in [0.15, 0.2) is 0 Å². The van der Waals surface area contributed by atoms with Gasteiger partial charge < -0.3 is 14.9 Å². The van der Waals surface area contributed by atoms with E-state index < -0.39 is 11.9 Å². The summed E-state index contributed by atoms with van der Waals surface area (Å²) >= 11 is 0. The Morgan fingerprint density at radius 3 is 1.22 bits per heavy atom. The fourth-order valence-electron chi connectivity index (χ4n) is 2.95. The zero-order chi connectivity index (χ0) is 26.0. The van der Waals surface area contributed by atoms with Gasteiger partial charge in [0.1, 0.15) is 11.5 Å². The molecule has 0 unspecified atom stereocenters. The Kier molecular flexibility index (Phi) is 7.77. The summed E-state index contributed by atoms with van der Waals surface area (Å²) in [5, 5.41) is 33.8. The van der Waals surface area contributed by atoms with Crippen LogP contribution in [0.2, 0.25) is 0 Å². The molecule has 0 atom stereocenters. The van der Waals surface area contributed by atoms with Gasteiger partial charge in [0.2, 0.25) is 0 Å². The Morgan fingerprint density at radius 2 is 0.892 bits per heavy atom. The van der Waals surface area contributed by atoms with Crippen LogP contribution >= 0.6 is 0 Å². The lowest BCUT2D eigenvalue weighted by molar-refractivity contribution is 0.0686. The first kappa shape index (κ1) is 24.5. The molecule has 0 amide bonds. The summed E-state index contributed by atoms with van der Waals surface area (Å²) in [6.07, 6.45) is 0. The fraction of sp³-hybridized carbons (Fsp3) is 0. The van der Waals surface area contributed by atoms with E-state index in [4.69, 9.17) is 14.9 Å². The summed E-state index contributed by atoms with van der Waals surface area (Å²) in [7, 11) is 0. The summed E-state index contributed by atoms with van der Waals surface area (Å²) in [5.41, 5.74) is 8.29. The number of hydrogen-bond donors (Lipinski definition) is 4. The SMILES string of the molecule is O=C(O)c1ccc(NN=Nc2ccc(Oc3ccc(N=NNc4ccc(C(=O)O)cc4)cc3)cc2)cc1. The maximum atomic E-state index is 10.9. The molecule has 184 valence electrons. The molecule has 0 heterocycles. The summed E-state index contributed by atoms with van der Waals surface area (Å²) in [6.45, 7) is 0. The van der Waals surface area contributed by atoms with E-state index in [1.165, 1.54) is 24.3 Å². The van der Waals surface area contributed by atoms with Crippen molar-refractivity contribution in [3.63, 3.8) is 0 Å². The molecule has 0 spiro atoms. The van der Waals surface area contributed by atoms with Crippen LogP contribution in [0.1, 0.15) is 20.7 Å². The van der Waals surface area contributed by atoms with E-state index in [-0.39, 0.29) is 11.1 Å². The molecular weight excluding hydrogens is 476 g/mol. The lowest BCUT2D eigenvalue weighted by Crippen LogP contribution is -1.95. The summed E-state index contributed by atoms with van der Waals surface area (Å²) in [5.74, 6) is -0.768. The summed E-state index contributed by atoms with van der Waals surface area (Å²) in [4.78, 5) is 21.8. The van der Waals surface area contributed by atoms with Gasteiger partial charge in [0.05, 0.1) is 33.9 Å². The van der Waals surface area contributed by atoms with Crippen LogP contribution in [0.3, 0.4) is 0 Å². The number of hydrogen-bond acceptors (Lipinski definition) is 7. The molecule has 0 aliphatic heterocycles. The summed E-state index contributed by atoms with van der Waals surface area (Å²) in [6, 6.07) is 26.3. The normalized spacial score (nSPS) is 10.9. The molecule has 0 saturated carbocycles. The number of nitrogens with zero attached hydrogens (tertiary/aromatic N) is 4. The molecule has 0 fully saturated rings. The summed E-state index contributed by atoms with van der Waals surface area (Å²) < 4.78 is 5.83. The van der Waals surface area contributed by atoms with Crippen molar-refractivity contribution in [1.29, 1.82) is 0 Å². The van der Waals surface area contributed by atoms with Gasteiger partial charge in [-0.05, 0) is 97.1 Å². The predicted octanol–water partition coefficient (Wildman–Crippen LogP) is 7.10. The minimum Gasteiger partial charge on any atom is -0.478 e. The Hall–Kier alpha value is -5.58. The number of carbonyl (C=O) groups is 2. The number of benzene rings is 4. The second-order valence-electron chi connectivity index (χ2n) is 7.48. The Bertz CT molecular complexity index is 1310. The van der Waals surface area contributed by atoms with Gasteiger partial charge >= 0.3 is 11.9 Å².